The standard InChI is InChI=1S/C21H32FNO7/c1-9(2)12-6-5-10(3)7-14(12)30-20(27)29-11(4)28-18(24)16-13-8-15(22)21(23,17(13)16)19(25)26/h9-17H,5-8,23H2,1-4H3,(H,25,26)/t10-,11+,12+,13+,14-,15+,16+,17+,21+/m1/s1. The number of hydrogen-bond acceptors (Lipinski definition) is 7. The molecule has 3 saturated carbocycles. The van der Waals surface area contributed by atoms with Gasteiger partial charge in [-0.15, -0.1) is 0 Å². The summed E-state index contributed by atoms with van der Waals surface area (Å²) in [6.07, 6.45) is -1.33. The summed E-state index contributed by atoms with van der Waals surface area (Å²) in [5.41, 5.74) is 3.65. The van der Waals surface area contributed by atoms with E-state index in [9.17, 15) is 23.9 Å². The molecule has 0 radical (unpaired) electrons. The van der Waals surface area contributed by atoms with E-state index in [0.717, 1.165) is 19.3 Å². The zero-order valence-corrected chi connectivity index (χ0v) is 17.9. The van der Waals surface area contributed by atoms with Crippen LogP contribution in [0.5, 0.6) is 0 Å². The molecule has 3 rings (SSSR count). The van der Waals surface area contributed by atoms with Crippen molar-refractivity contribution >= 4 is 18.1 Å². The van der Waals surface area contributed by atoms with Crippen molar-refractivity contribution in [3.63, 3.8) is 0 Å². The molecule has 0 heterocycles. The molecule has 3 N–H and O–H groups in total. The fourth-order valence-electron chi connectivity index (χ4n) is 5.36. The Morgan fingerprint density at radius 3 is 2.40 bits per heavy atom. The summed E-state index contributed by atoms with van der Waals surface area (Å²) < 4.78 is 29.7. The van der Waals surface area contributed by atoms with Gasteiger partial charge in [-0.05, 0) is 42.9 Å². The molecule has 0 amide bonds. The number of carboxylic acids is 1. The number of carboxylic acid groups (broad SMARTS) is 1. The first-order chi connectivity index (χ1) is 14.0. The lowest BCUT2D eigenvalue weighted by atomic mass is 9.75. The summed E-state index contributed by atoms with van der Waals surface area (Å²) in [7, 11) is 0. The van der Waals surface area contributed by atoms with Gasteiger partial charge in [0.05, 0.1) is 5.92 Å². The summed E-state index contributed by atoms with van der Waals surface area (Å²) >= 11 is 0. The zero-order valence-electron chi connectivity index (χ0n) is 17.9. The quantitative estimate of drug-likeness (QED) is 0.488. The molecule has 0 unspecified atom stereocenters. The molecule has 9 atom stereocenters. The number of fused-ring (bicyclic) bond motifs is 1. The van der Waals surface area contributed by atoms with Crippen LogP contribution in [-0.2, 0) is 23.8 Å². The van der Waals surface area contributed by atoms with E-state index in [1.165, 1.54) is 6.92 Å². The van der Waals surface area contributed by atoms with E-state index >= 15 is 0 Å². The van der Waals surface area contributed by atoms with Crippen LogP contribution in [0.2, 0.25) is 0 Å². The van der Waals surface area contributed by atoms with Crippen molar-refractivity contribution in [3.8, 4) is 0 Å². The second kappa shape index (κ2) is 8.32. The van der Waals surface area contributed by atoms with Crippen LogP contribution < -0.4 is 5.73 Å². The molecule has 0 aromatic carbocycles. The molecule has 3 aliphatic rings. The van der Waals surface area contributed by atoms with Crippen LogP contribution in [0.25, 0.3) is 0 Å². The van der Waals surface area contributed by atoms with Crippen LogP contribution in [0.15, 0.2) is 0 Å². The van der Waals surface area contributed by atoms with Gasteiger partial charge >= 0.3 is 18.1 Å². The zero-order chi connectivity index (χ0) is 22.4. The maximum Gasteiger partial charge on any atom is 0.511 e. The van der Waals surface area contributed by atoms with E-state index in [2.05, 4.69) is 20.8 Å². The summed E-state index contributed by atoms with van der Waals surface area (Å²) in [6, 6.07) is 0. The predicted octanol–water partition coefficient (Wildman–Crippen LogP) is 2.88. The first-order valence-electron chi connectivity index (χ1n) is 10.7. The van der Waals surface area contributed by atoms with Gasteiger partial charge < -0.3 is 25.1 Å². The first kappa shape index (κ1) is 22.8. The van der Waals surface area contributed by atoms with E-state index in [1.807, 2.05) is 0 Å². The molecule has 0 aliphatic heterocycles. The minimum Gasteiger partial charge on any atom is -0.480 e. The van der Waals surface area contributed by atoms with Gasteiger partial charge in [-0.1, -0.05) is 27.2 Å². The van der Waals surface area contributed by atoms with Gasteiger partial charge in [0.1, 0.15) is 17.8 Å². The molecule has 0 spiro atoms. The highest BCUT2D eigenvalue weighted by Gasteiger charge is 2.75. The van der Waals surface area contributed by atoms with Gasteiger partial charge in [0.25, 0.3) is 0 Å². The molecule has 3 fully saturated rings. The lowest BCUT2D eigenvalue weighted by Gasteiger charge is -2.36. The lowest BCUT2D eigenvalue weighted by molar-refractivity contribution is -0.173. The molecule has 30 heavy (non-hydrogen) atoms. The molecule has 3 aliphatic carbocycles. The smallest absolute Gasteiger partial charge is 0.480 e. The number of esters is 1. The summed E-state index contributed by atoms with van der Waals surface area (Å²) in [6.45, 7) is 7.68. The monoisotopic (exact) mass is 429 g/mol. The minimum absolute atomic E-state index is 0.0963. The van der Waals surface area contributed by atoms with Crippen LogP contribution in [0.1, 0.15) is 53.4 Å². The third-order valence-electron chi connectivity index (χ3n) is 7.11. The van der Waals surface area contributed by atoms with Crippen molar-refractivity contribution in [2.24, 2.45) is 41.2 Å². The largest absolute Gasteiger partial charge is 0.511 e. The summed E-state index contributed by atoms with van der Waals surface area (Å²) in [4.78, 5) is 36.0. The number of nitrogens with two attached hydrogens (primary N) is 1. The van der Waals surface area contributed by atoms with E-state index < -0.39 is 53.8 Å². The highest BCUT2D eigenvalue weighted by atomic mass is 19.1. The first-order valence-corrected chi connectivity index (χ1v) is 10.7. The molecule has 8 nitrogen and oxygen atoms in total. The Bertz CT molecular complexity index is 701. The lowest BCUT2D eigenvalue weighted by Crippen LogP contribution is -2.56. The van der Waals surface area contributed by atoms with Gasteiger partial charge in [0.2, 0.25) is 6.29 Å². The normalized spacial score (nSPS) is 41.0. The van der Waals surface area contributed by atoms with E-state index in [4.69, 9.17) is 19.9 Å². The molecule has 9 heteroatoms. The third kappa shape index (κ3) is 4.13. The second-order valence-electron chi connectivity index (χ2n) is 9.51. The average Bonchev–Trinajstić information content (AvgIpc) is 3.27. The Labute approximate surface area is 175 Å². The Morgan fingerprint density at radius 1 is 1.13 bits per heavy atom. The number of rotatable bonds is 6. The van der Waals surface area contributed by atoms with Crippen LogP contribution >= 0.6 is 0 Å². The highest BCUT2D eigenvalue weighted by molar-refractivity contribution is 5.86. The highest BCUT2D eigenvalue weighted by Crippen LogP contribution is 2.62. The fourth-order valence-corrected chi connectivity index (χ4v) is 5.36. The van der Waals surface area contributed by atoms with Crippen LogP contribution in [0, 0.1) is 35.5 Å². The molecule has 0 bridgehead atoms. The molecule has 170 valence electrons. The van der Waals surface area contributed by atoms with Gasteiger partial charge in [-0.2, -0.15) is 0 Å². The number of hydrogen-bond donors (Lipinski definition) is 2. The third-order valence-corrected chi connectivity index (χ3v) is 7.11. The number of alkyl halides is 1. The summed E-state index contributed by atoms with van der Waals surface area (Å²) in [5.74, 6) is -3.22. The van der Waals surface area contributed by atoms with Gasteiger partial charge in [0.15, 0.2) is 0 Å². The Morgan fingerprint density at radius 2 is 1.80 bits per heavy atom. The van der Waals surface area contributed by atoms with E-state index in [1.54, 1.807) is 0 Å². The van der Waals surface area contributed by atoms with Crippen molar-refractivity contribution in [3.05, 3.63) is 0 Å². The van der Waals surface area contributed by atoms with Crippen LogP contribution in [0.4, 0.5) is 9.18 Å². The van der Waals surface area contributed by atoms with Gasteiger partial charge in [-0.3, -0.25) is 9.59 Å². The molecule has 0 aromatic rings. The van der Waals surface area contributed by atoms with Crippen molar-refractivity contribution in [1.29, 1.82) is 0 Å². The number of halogens is 1. The topological polar surface area (TPSA) is 125 Å². The van der Waals surface area contributed by atoms with E-state index in [-0.39, 0.29) is 18.4 Å². The van der Waals surface area contributed by atoms with Crippen LogP contribution in [0.3, 0.4) is 0 Å². The van der Waals surface area contributed by atoms with Crippen molar-refractivity contribution in [1.82, 2.24) is 0 Å². The predicted molar refractivity (Wildman–Crippen MR) is 103 cm³/mol. The van der Waals surface area contributed by atoms with Gasteiger partial charge in [-0.25, -0.2) is 9.18 Å². The summed E-state index contributed by atoms with van der Waals surface area (Å²) in [5, 5.41) is 9.27. The average molecular weight is 429 g/mol. The fraction of sp³-hybridized carbons (Fsp3) is 0.857. The van der Waals surface area contributed by atoms with Crippen molar-refractivity contribution in [2.75, 3.05) is 0 Å². The van der Waals surface area contributed by atoms with Gasteiger partial charge in [0, 0.05) is 12.8 Å². The number of carbonyl (C=O) groups is 3. The maximum absolute atomic E-state index is 14.0. The Balaban J connectivity index is 1.50. The molecular formula is C21H32FNO7. The van der Waals surface area contributed by atoms with Crippen molar-refractivity contribution in [2.45, 2.75) is 77.5 Å². The SMILES string of the molecule is CC(C)[C@@H]1CC[C@@H](C)C[C@H]1OC(=O)O[C@@H](C)OC(=O)[C@H]1[C@@H]2C[C@H](F)[C@@](N)(C(=O)O)[C@@H]21. The Hall–Kier alpha value is -1.90. The number of ether oxygens (including phenoxy) is 3. The maximum atomic E-state index is 14.0. The van der Waals surface area contributed by atoms with E-state index in [0.29, 0.717) is 11.8 Å². The Kier molecular flexibility index (Phi) is 6.32. The van der Waals surface area contributed by atoms with Crippen molar-refractivity contribution < 1.29 is 38.1 Å². The molecule has 0 aromatic heterocycles. The number of aliphatic carboxylic acids is 1. The van der Waals surface area contributed by atoms with Crippen LogP contribution in [-0.4, -0.2) is 47.3 Å². The molecule has 0 saturated heterocycles. The number of carbonyl (C=O) groups excluding carboxylic acids is 2. The minimum atomic E-state index is -2.08. The molecular weight excluding hydrogens is 397 g/mol. The second-order valence-corrected chi connectivity index (χ2v) is 9.51.